The van der Waals surface area contributed by atoms with Crippen LogP contribution in [-0.2, 0) is 14.3 Å². The van der Waals surface area contributed by atoms with Gasteiger partial charge in [0.1, 0.15) is 6.54 Å². The summed E-state index contributed by atoms with van der Waals surface area (Å²) in [5.41, 5.74) is 0.670. The number of carbonyl (C=O) groups excluding carboxylic acids is 2. The molecule has 3 N–H and O–H groups in total. The zero-order valence-electron chi connectivity index (χ0n) is 11.0. The highest BCUT2D eigenvalue weighted by atomic mass is 16.5. The highest BCUT2D eigenvalue weighted by Crippen LogP contribution is 2.16. The number of benzene rings is 1. The summed E-state index contributed by atoms with van der Waals surface area (Å²) in [5, 5.41) is 13.7. The Morgan fingerprint density at radius 3 is 2.45 bits per heavy atom. The molecule has 0 fully saturated rings. The molecule has 0 saturated carbocycles. The van der Waals surface area contributed by atoms with Crippen LogP contribution in [0.2, 0.25) is 0 Å². The summed E-state index contributed by atoms with van der Waals surface area (Å²) in [4.78, 5) is 33.3. The standard InChI is InChI=1S/C13H16N2O5/c1-20-12(18)8-14-13(19)15-10(7-11(16)17)9-5-3-2-4-6-9/h2-6,10H,7-8H2,1H3,(H,16,17)(H2,14,15,19). The molecule has 1 aromatic rings. The Bertz CT molecular complexity index is 475. The number of urea groups is 1. The number of rotatable bonds is 6. The van der Waals surface area contributed by atoms with Crippen molar-refractivity contribution in [2.45, 2.75) is 12.5 Å². The second kappa shape index (κ2) is 7.78. The zero-order chi connectivity index (χ0) is 15.0. The molecule has 0 heterocycles. The van der Waals surface area contributed by atoms with Crippen LogP contribution < -0.4 is 10.6 Å². The summed E-state index contributed by atoms with van der Waals surface area (Å²) in [6, 6.07) is 7.41. The van der Waals surface area contributed by atoms with Gasteiger partial charge in [0.05, 0.1) is 19.6 Å². The van der Waals surface area contributed by atoms with Crippen molar-refractivity contribution in [3.8, 4) is 0 Å². The molecule has 0 radical (unpaired) electrons. The lowest BCUT2D eigenvalue weighted by molar-refractivity contribution is -0.139. The van der Waals surface area contributed by atoms with Crippen molar-refractivity contribution in [2.24, 2.45) is 0 Å². The van der Waals surface area contributed by atoms with Crippen molar-refractivity contribution < 1.29 is 24.2 Å². The molecule has 1 aromatic carbocycles. The van der Waals surface area contributed by atoms with Crippen LogP contribution in [0.1, 0.15) is 18.0 Å². The Kier molecular flexibility index (Phi) is 6.02. The molecule has 0 aliphatic heterocycles. The molecule has 0 bridgehead atoms. The van der Waals surface area contributed by atoms with Crippen LogP contribution in [0.3, 0.4) is 0 Å². The first-order chi connectivity index (χ1) is 9.52. The van der Waals surface area contributed by atoms with E-state index in [2.05, 4.69) is 15.4 Å². The van der Waals surface area contributed by atoms with Crippen LogP contribution in [0.15, 0.2) is 30.3 Å². The fourth-order valence-corrected chi connectivity index (χ4v) is 1.55. The number of hydrogen-bond acceptors (Lipinski definition) is 4. The molecule has 2 amide bonds. The Morgan fingerprint density at radius 1 is 1.25 bits per heavy atom. The van der Waals surface area contributed by atoms with Crippen molar-refractivity contribution in [3.63, 3.8) is 0 Å². The van der Waals surface area contributed by atoms with E-state index in [9.17, 15) is 14.4 Å². The molecule has 7 nitrogen and oxygen atoms in total. The van der Waals surface area contributed by atoms with Gasteiger partial charge in [-0.3, -0.25) is 9.59 Å². The minimum Gasteiger partial charge on any atom is -0.481 e. The van der Waals surface area contributed by atoms with E-state index in [0.29, 0.717) is 5.56 Å². The van der Waals surface area contributed by atoms with Gasteiger partial charge in [-0.25, -0.2) is 4.79 Å². The van der Waals surface area contributed by atoms with Gasteiger partial charge in [-0.15, -0.1) is 0 Å². The van der Waals surface area contributed by atoms with Crippen LogP contribution in [0.5, 0.6) is 0 Å². The predicted molar refractivity (Wildman–Crippen MR) is 70.0 cm³/mol. The summed E-state index contributed by atoms with van der Waals surface area (Å²) < 4.78 is 4.38. The van der Waals surface area contributed by atoms with Gasteiger partial charge < -0.3 is 20.5 Å². The van der Waals surface area contributed by atoms with Crippen molar-refractivity contribution in [1.82, 2.24) is 10.6 Å². The van der Waals surface area contributed by atoms with Gasteiger partial charge >= 0.3 is 18.0 Å². The number of carboxylic acids is 1. The van der Waals surface area contributed by atoms with E-state index in [1.807, 2.05) is 0 Å². The number of methoxy groups -OCH3 is 1. The molecule has 20 heavy (non-hydrogen) atoms. The molecule has 0 spiro atoms. The quantitative estimate of drug-likeness (QED) is 0.664. The maximum absolute atomic E-state index is 11.6. The first-order valence-electron chi connectivity index (χ1n) is 5.91. The van der Waals surface area contributed by atoms with Crippen LogP contribution in [0, 0.1) is 0 Å². The van der Waals surface area contributed by atoms with Crippen molar-refractivity contribution in [1.29, 1.82) is 0 Å². The number of carbonyl (C=O) groups is 3. The summed E-state index contributed by atoms with van der Waals surface area (Å²) in [6.07, 6.45) is -0.254. The van der Waals surface area contributed by atoms with Crippen LogP contribution >= 0.6 is 0 Å². The molecule has 0 aromatic heterocycles. The van der Waals surface area contributed by atoms with Gasteiger partial charge in [-0.05, 0) is 5.56 Å². The average Bonchev–Trinajstić information content (AvgIpc) is 2.44. The van der Waals surface area contributed by atoms with E-state index in [1.54, 1.807) is 30.3 Å². The zero-order valence-corrected chi connectivity index (χ0v) is 11.0. The Labute approximate surface area is 115 Å². The molecule has 1 unspecified atom stereocenters. The number of carboxylic acid groups (broad SMARTS) is 1. The number of esters is 1. The normalized spacial score (nSPS) is 11.2. The van der Waals surface area contributed by atoms with Crippen molar-refractivity contribution >= 4 is 18.0 Å². The molecular weight excluding hydrogens is 264 g/mol. The molecule has 108 valence electrons. The third-order valence-corrected chi connectivity index (χ3v) is 2.51. The van der Waals surface area contributed by atoms with E-state index in [1.165, 1.54) is 7.11 Å². The molecule has 1 atom stereocenters. The lowest BCUT2D eigenvalue weighted by Crippen LogP contribution is -2.41. The maximum Gasteiger partial charge on any atom is 0.325 e. The minimum absolute atomic E-state index is 0.254. The van der Waals surface area contributed by atoms with Gasteiger partial charge in [0.2, 0.25) is 0 Å². The average molecular weight is 280 g/mol. The van der Waals surface area contributed by atoms with E-state index < -0.39 is 24.0 Å². The van der Waals surface area contributed by atoms with Crippen molar-refractivity contribution in [3.05, 3.63) is 35.9 Å². The number of amides is 2. The number of nitrogens with one attached hydrogen (secondary N) is 2. The summed E-state index contributed by atoms with van der Waals surface area (Å²) in [5.74, 6) is -1.62. The first kappa shape index (κ1) is 15.5. The largest absolute Gasteiger partial charge is 0.481 e. The van der Waals surface area contributed by atoms with Gasteiger partial charge in [0.25, 0.3) is 0 Å². The first-order valence-corrected chi connectivity index (χ1v) is 5.91. The Balaban J connectivity index is 2.63. The van der Waals surface area contributed by atoms with E-state index in [0.717, 1.165) is 0 Å². The molecule has 7 heteroatoms. The van der Waals surface area contributed by atoms with Crippen LogP contribution in [-0.4, -0.2) is 36.7 Å². The lowest BCUT2D eigenvalue weighted by atomic mass is 10.0. The topological polar surface area (TPSA) is 105 Å². The highest BCUT2D eigenvalue weighted by molar-refractivity contribution is 5.81. The molecule has 1 rings (SSSR count). The van der Waals surface area contributed by atoms with Gasteiger partial charge in [0.15, 0.2) is 0 Å². The van der Waals surface area contributed by atoms with Gasteiger partial charge in [-0.2, -0.15) is 0 Å². The molecule has 0 saturated heterocycles. The van der Waals surface area contributed by atoms with Crippen LogP contribution in [0.25, 0.3) is 0 Å². The number of aliphatic carboxylic acids is 1. The predicted octanol–water partition coefficient (Wildman–Crippen LogP) is 0.675. The minimum atomic E-state index is -1.04. The summed E-state index contributed by atoms with van der Waals surface area (Å²) >= 11 is 0. The third kappa shape index (κ3) is 5.38. The van der Waals surface area contributed by atoms with E-state index in [4.69, 9.17) is 5.11 Å². The maximum atomic E-state index is 11.6. The monoisotopic (exact) mass is 280 g/mol. The van der Waals surface area contributed by atoms with E-state index >= 15 is 0 Å². The van der Waals surface area contributed by atoms with E-state index in [-0.39, 0.29) is 13.0 Å². The fraction of sp³-hybridized carbons (Fsp3) is 0.308. The Hall–Kier alpha value is -2.57. The smallest absolute Gasteiger partial charge is 0.325 e. The molecule has 0 aliphatic rings. The SMILES string of the molecule is COC(=O)CNC(=O)NC(CC(=O)O)c1ccccc1. The lowest BCUT2D eigenvalue weighted by Gasteiger charge is -2.17. The molecule has 0 aliphatic carbocycles. The number of hydrogen-bond donors (Lipinski definition) is 3. The molecular formula is C13H16N2O5. The summed E-state index contributed by atoms with van der Waals surface area (Å²) in [7, 11) is 1.21. The second-order valence-electron chi connectivity index (χ2n) is 3.96. The van der Waals surface area contributed by atoms with Crippen LogP contribution in [0.4, 0.5) is 4.79 Å². The highest BCUT2D eigenvalue weighted by Gasteiger charge is 2.18. The number of ether oxygens (including phenoxy) is 1. The van der Waals surface area contributed by atoms with Crippen molar-refractivity contribution in [2.75, 3.05) is 13.7 Å². The second-order valence-corrected chi connectivity index (χ2v) is 3.96. The Morgan fingerprint density at radius 2 is 1.90 bits per heavy atom. The van der Waals surface area contributed by atoms with Gasteiger partial charge in [0, 0.05) is 0 Å². The van der Waals surface area contributed by atoms with Gasteiger partial charge in [-0.1, -0.05) is 30.3 Å². The summed E-state index contributed by atoms with van der Waals surface area (Å²) in [6.45, 7) is -0.281. The third-order valence-electron chi connectivity index (χ3n) is 2.51. The fourth-order valence-electron chi connectivity index (χ4n) is 1.55.